The lowest BCUT2D eigenvalue weighted by molar-refractivity contribution is 0.173. The van der Waals surface area contributed by atoms with Crippen LogP contribution in [0.5, 0.6) is 0 Å². The number of rotatable bonds is 2. The maximum absolute atomic E-state index is 5.06. The second kappa shape index (κ2) is 7.64. The van der Waals surface area contributed by atoms with E-state index in [1.165, 1.54) is 55.2 Å². The first-order valence-corrected chi connectivity index (χ1v) is 11.9. The van der Waals surface area contributed by atoms with E-state index in [1.807, 2.05) is 0 Å². The molecule has 0 bridgehead atoms. The van der Waals surface area contributed by atoms with Crippen molar-refractivity contribution < 1.29 is 0 Å². The molecule has 160 valence electrons. The fourth-order valence-corrected chi connectivity index (χ4v) is 6.09. The molecule has 1 saturated carbocycles. The van der Waals surface area contributed by atoms with Gasteiger partial charge in [0.1, 0.15) is 0 Å². The van der Waals surface area contributed by atoms with Crippen LogP contribution < -0.4 is 10.6 Å². The predicted molar refractivity (Wildman–Crippen MR) is 124 cm³/mol. The Kier molecular flexibility index (Phi) is 5.09. The number of fused-ring (bicyclic) bond motifs is 4. The largest absolute Gasteiger partial charge is 0.351 e. The molecule has 3 aliphatic rings. The normalized spacial score (nSPS) is 25.4. The number of hydrogen-bond donors (Lipinski definition) is 2. The number of anilines is 1. The summed E-state index contributed by atoms with van der Waals surface area (Å²) >= 11 is 0. The van der Waals surface area contributed by atoms with Crippen molar-refractivity contribution in [2.45, 2.75) is 77.2 Å². The van der Waals surface area contributed by atoms with E-state index in [4.69, 9.17) is 9.97 Å². The van der Waals surface area contributed by atoms with Crippen LogP contribution in [0.1, 0.15) is 70.4 Å². The molecule has 2 aromatic rings. The molecule has 2 heterocycles. The number of nitrogens with zero attached hydrogens (tertiary/aromatic N) is 2. The topological polar surface area (TPSA) is 49.8 Å². The SMILES string of the molecule is CC(C)(C)C1CCC(Nc2ncc3c(n2)-c2ccccc2C2(CCNCC2)C3)CC1. The first kappa shape index (κ1) is 20.0. The van der Waals surface area contributed by atoms with Crippen molar-refractivity contribution in [1.82, 2.24) is 15.3 Å². The highest BCUT2D eigenvalue weighted by Gasteiger charge is 2.40. The molecule has 2 N–H and O–H groups in total. The third kappa shape index (κ3) is 3.64. The van der Waals surface area contributed by atoms with Crippen molar-refractivity contribution in [2.75, 3.05) is 18.4 Å². The van der Waals surface area contributed by atoms with Crippen LogP contribution in [0, 0.1) is 11.3 Å². The zero-order valence-electron chi connectivity index (χ0n) is 18.8. The Morgan fingerprint density at radius 1 is 1.03 bits per heavy atom. The van der Waals surface area contributed by atoms with Gasteiger partial charge in [-0.2, -0.15) is 0 Å². The zero-order valence-corrected chi connectivity index (χ0v) is 18.8. The smallest absolute Gasteiger partial charge is 0.223 e. The van der Waals surface area contributed by atoms with Gasteiger partial charge in [0.15, 0.2) is 0 Å². The van der Waals surface area contributed by atoms with Crippen LogP contribution in [0.25, 0.3) is 11.3 Å². The van der Waals surface area contributed by atoms with Crippen LogP contribution in [0.15, 0.2) is 30.5 Å². The van der Waals surface area contributed by atoms with Gasteiger partial charge >= 0.3 is 0 Å². The van der Waals surface area contributed by atoms with Gasteiger partial charge < -0.3 is 10.6 Å². The van der Waals surface area contributed by atoms with Crippen LogP contribution in [-0.4, -0.2) is 29.1 Å². The van der Waals surface area contributed by atoms with Gasteiger partial charge in [0.25, 0.3) is 0 Å². The molecule has 1 saturated heterocycles. The minimum atomic E-state index is 0.248. The highest BCUT2D eigenvalue weighted by Crippen LogP contribution is 2.47. The van der Waals surface area contributed by atoms with Crippen molar-refractivity contribution in [3.05, 3.63) is 41.6 Å². The first-order chi connectivity index (χ1) is 14.4. The number of benzene rings is 1. The highest BCUT2D eigenvalue weighted by atomic mass is 15.1. The lowest BCUT2D eigenvalue weighted by Crippen LogP contribution is -2.43. The Balaban J connectivity index is 1.38. The summed E-state index contributed by atoms with van der Waals surface area (Å²) < 4.78 is 0. The standard InChI is InChI=1S/C26H36N4/c1-25(2,3)19-8-10-20(11-9-19)29-24-28-17-18-16-26(12-14-27-15-13-26)22-7-5-4-6-21(22)23(18)30-24/h4-7,17,19-20,27H,8-16H2,1-3H3,(H,28,29,30). The average molecular weight is 405 g/mol. The third-order valence-electron chi connectivity index (χ3n) is 7.99. The van der Waals surface area contributed by atoms with Crippen LogP contribution in [0.3, 0.4) is 0 Å². The minimum absolute atomic E-state index is 0.248. The van der Waals surface area contributed by atoms with Crippen LogP contribution >= 0.6 is 0 Å². The van der Waals surface area contributed by atoms with E-state index in [9.17, 15) is 0 Å². The molecule has 0 amide bonds. The summed E-state index contributed by atoms with van der Waals surface area (Å²) in [6.07, 6.45) is 10.6. The quantitative estimate of drug-likeness (QED) is 0.709. The lowest BCUT2D eigenvalue weighted by atomic mass is 9.64. The maximum atomic E-state index is 5.06. The van der Waals surface area contributed by atoms with E-state index in [2.05, 4.69) is 61.9 Å². The fraction of sp³-hybridized carbons (Fsp3) is 0.615. The predicted octanol–water partition coefficient (Wildman–Crippen LogP) is 5.34. The molecule has 1 aromatic carbocycles. The summed E-state index contributed by atoms with van der Waals surface area (Å²) in [5, 5.41) is 7.21. The molecule has 1 spiro atoms. The molecule has 4 heteroatoms. The van der Waals surface area contributed by atoms with E-state index in [0.29, 0.717) is 11.5 Å². The molecular weight excluding hydrogens is 368 g/mol. The van der Waals surface area contributed by atoms with E-state index >= 15 is 0 Å². The molecule has 2 aliphatic carbocycles. The summed E-state index contributed by atoms with van der Waals surface area (Å²) in [4.78, 5) is 9.82. The molecule has 0 atom stereocenters. The molecule has 4 nitrogen and oxygen atoms in total. The van der Waals surface area contributed by atoms with E-state index in [-0.39, 0.29) is 5.41 Å². The third-order valence-corrected chi connectivity index (χ3v) is 7.99. The highest BCUT2D eigenvalue weighted by molar-refractivity contribution is 5.72. The van der Waals surface area contributed by atoms with E-state index in [1.54, 1.807) is 0 Å². The summed E-state index contributed by atoms with van der Waals surface area (Å²) in [5.74, 6) is 1.64. The average Bonchev–Trinajstić information content (AvgIpc) is 2.75. The Labute approximate surface area is 181 Å². The first-order valence-electron chi connectivity index (χ1n) is 11.9. The molecule has 1 aromatic heterocycles. The summed E-state index contributed by atoms with van der Waals surface area (Å²) in [6, 6.07) is 9.46. The fourth-order valence-electron chi connectivity index (χ4n) is 6.09. The maximum Gasteiger partial charge on any atom is 0.223 e. The molecule has 0 unspecified atom stereocenters. The monoisotopic (exact) mass is 404 g/mol. The van der Waals surface area contributed by atoms with E-state index < -0.39 is 0 Å². The van der Waals surface area contributed by atoms with Crippen molar-refractivity contribution in [2.24, 2.45) is 11.3 Å². The molecule has 0 radical (unpaired) electrons. The zero-order chi connectivity index (χ0) is 20.8. The van der Waals surface area contributed by atoms with Gasteiger partial charge in [0.2, 0.25) is 5.95 Å². The summed E-state index contributed by atoms with van der Waals surface area (Å²) in [5.41, 5.74) is 5.95. The Morgan fingerprint density at radius 3 is 2.50 bits per heavy atom. The Bertz CT molecular complexity index is 899. The second-order valence-corrected chi connectivity index (χ2v) is 10.9. The number of nitrogens with one attached hydrogen (secondary N) is 2. The van der Waals surface area contributed by atoms with Crippen LogP contribution in [0.4, 0.5) is 5.95 Å². The van der Waals surface area contributed by atoms with Crippen molar-refractivity contribution in [1.29, 1.82) is 0 Å². The summed E-state index contributed by atoms with van der Waals surface area (Å²) in [7, 11) is 0. The van der Waals surface area contributed by atoms with Gasteiger partial charge in [0.05, 0.1) is 5.69 Å². The number of piperidine rings is 1. The molecular formula is C26H36N4. The van der Waals surface area contributed by atoms with Gasteiger partial charge in [-0.05, 0) is 80.5 Å². The molecule has 5 rings (SSSR count). The van der Waals surface area contributed by atoms with Gasteiger partial charge in [0, 0.05) is 23.2 Å². The number of hydrogen-bond acceptors (Lipinski definition) is 4. The van der Waals surface area contributed by atoms with Crippen molar-refractivity contribution in [3.63, 3.8) is 0 Å². The number of aromatic nitrogens is 2. The van der Waals surface area contributed by atoms with Crippen LogP contribution in [0.2, 0.25) is 0 Å². The van der Waals surface area contributed by atoms with Crippen molar-refractivity contribution >= 4 is 5.95 Å². The molecule has 2 fully saturated rings. The minimum Gasteiger partial charge on any atom is -0.351 e. The Hall–Kier alpha value is -1.94. The second-order valence-electron chi connectivity index (χ2n) is 10.9. The summed E-state index contributed by atoms with van der Waals surface area (Å²) in [6.45, 7) is 9.34. The van der Waals surface area contributed by atoms with Crippen LogP contribution in [-0.2, 0) is 11.8 Å². The van der Waals surface area contributed by atoms with Gasteiger partial charge in [-0.3, -0.25) is 0 Å². The lowest BCUT2D eigenvalue weighted by Gasteiger charge is -2.42. The van der Waals surface area contributed by atoms with Crippen molar-refractivity contribution in [3.8, 4) is 11.3 Å². The van der Waals surface area contributed by atoms with Gasteiger partial charge in [-0.25, -0.2) is 9.97 Å². The van der Waals surface area contributed by atoms with Gasteiger partial charge in [-0.1, -0.05) is 45.0 Å². The molecule has 1 aliphatic heterocycles. The van der Waals surface area contributed by atoms with E-state index in [0.717, 1.165) is 37.1 Å². The Morgan fingerprint density at radius 2 is 1.77 bits per heavy atom. The van der Waals surface area contributed by atoms with Gasteiger partial charge in [-0.15, -0.1) is 0 Å². The molecule has 30 heavy (non-hydrogen) atoms.